The lowest BCUT2D eigenvalue weighted by atomic mass is 10.1. The molecule has 0 fully saturated rings. The van der Waals surface area contributed by atoms with Crippen molar-refractivity contribution in [3.8, 4) is 0 Å². The number of halogens is 7. The molecule has 1 atom stereocenters. The molecule has 1 aliphatic rings. The molecule has 3 rings (SSSR count). The fourth-order valence-corrected chi connectivity index (χ4v) is 3.83. The van der Waals surface area contributed by atoms with Gasteiger partial charge >= 0.3 is 6.18 Å². The molecule has 0 aliphatic carbocycles. The van der Waals surface area contributed by atoms with E-state index in [0.717, 1.165) is 19.1 Å². The minimum atomic E-state index is -5.10. The van der Waals surface area contributed by atoms with E-state index in [1.807, 2.05) is 0 Å². The number of amides is 1. The maximum atomic E-state index is 14.3. The molecule has 4 nitrogen and oxygen atoms in total. The summed E-state index contributed by atoms with van der Waals surface area (Å²) in [5, 5.41) is 6.70. The van der Waals surface area contributed by atoms with Crippen molar-refractivity contribution in [2.24, 2.45) is 10.2 Å². The number of hydrogen-bond acceptors (Lipinski definition) is 4. The molecule has 2 aromatic rings. The van der Waals surface area contributed by atoms with Gasteiger partial charge in [-0.2, -0.15) is 18.3 Å². The number of carbonyl (C=O) groups excluding carboxylic acids is 1. The normalized spacial score (nSPS) is 18.8. The van der Waals surface area contributed by atoms with E-state index >= 15 is 0 Å². The molecule has 158 valence electrons. The van der Waals surface area contributed by atoms with Crippen molar-refractivity contribution in [2.75, 3.05) is 4.90 Å². The van der Waals surface area contributed by atoms with Gasteiger partial charge in [0.1, 0.15) is 5.82 Å². The highest BCUT2D eigenvalue weighted by molar-refractivity contribution is 8.00. The molecule has 0 aromatic heterocycles. The summed E-state index contributed by atoms with van der Waals surface area (Å²) >= 11 is 0.666. The standard InChI is InChI=1S/C18H10F7N3OS/c1-17(30-10-4-2-9(19)3-5-10)16(15(26-27-17)18(23,24)25)28(8-29)12-7-6-11(20)13(21)14(12)22/h2-8H,1H3. The first-order valence-corrected chi connectivity index (χ1v) is 8.87. The highest BCUT2D eigenvalue weighted by atomic mass is 32.2. The van der Waals surface area contributed by atoms with Crippen molar-refractivity contribution in [3.63, 3.8) is 0 Å². The summed E-state index contributed by atoms with van der Waals surface area (Å²) in [6.07, 6.45) is -5.28. The van der Waals surface area contributed by atoms with Gasteiger partial charge in [-0.25, -0.2) is 17.6 Å². The average molecular weight is 449 g/mol. The molecular weight excluding hydrogens is 439 g/mol. The number of rotatable bonds is 5. The summed E-state index contributed by atoms with van der Waals surface area (Å²) < 4.78 is 95.0. The Kier molecular flexibility index (Phi) is 5.63. The monoisotopic (exact) mass is 449 g/mol. The summed E-state index contributed by atoms with van der Waals surface area (Å²) in [5.74, 6) is -6.01. The summed E-state index contributed by atoms with van der Waals surface area (Å²) in [5.41, 5.74) is -3.49. The summed E-state index contributed by atoms with van der Waals surface area (Å²) in [4.78, 5) is 10.2. The number of hydrogen-bond donors (Lipinski definition) is 0. The van der Waals surface area contributed by atoms with E-state index in [2.05, 4.69) is 10.2 Å². The van der Waals surface area contributed by atoms with Gasteiger partial charge in [0.15, 0.2) is 28.0 Å². The Balaban J connectivity index is 2.17. The van der Waals surface area contributed by atoms with Gasteiger partial charge in [0.05, 0.1) is 11.4 Å². The molecule has 1 unspecified atom stereocenters. The van der Waals surface area contributed by atoms with Crippen LogP contribution >= 0.6 is 11.8 Å². The van der Waals surface area contributed by atoms with Crippen molar-refractivity contribution in [2.45, 2.75) is 22.9 Å². The number of allylic oxidation sites excluding steroid dienone is 1. The van der Waals surface area contributed by atoms with Crippen LogP contribution in [0.1, 0.15) is 6.92 Å². The van der Waals surface area contributed by atoms with Crippen LogP contribution in [0.3, 0.4) is 0 Å². The van der Waals surface area contributed by atoms with Gasteiger partial charge in [-0.15, -0.1) is 5.11 Å². The van der Waals surface area contributed by atoms with Crippen molar-refractivity contribution >= 4 is 23.9 Å². The second-order valence-electron chi connectivity index (χ2n) is 6.10. The number of anilines is 1. The second kappa shape index (κ2) is 7.74. The quantitative estimate of drug-likeness (QED) is 0.322. The van der Waals surface area contributed by atoms with Gasteiger partial charge in [-0.1, -0.05) is 11.8 Å². The molecule has 0 bridgehead atoms. The Bertz CT molecular complexity index is 1050. The maximum Gasteiger partial charge on any atom is 0.437 e. The minimum Gasteiger partial charge on any atom is -0.279 e. The lowest BCUT2D eigenvalue weighted by Gasteiger charge is -2.30. The number of nitrogens with zero attached hydrogens (tertiary/aromatic N) is 3. The summed E-state index contributed by atoms with van der Waals surface area (Å²) in [6.45, 7) is 1.16. The van der Waals surface area contributed by atoms with E-state index in [1.54, 1.807) is 0 Å². The molecule has 0 radical (unpaired) electrons. The number of carbonyl (C=O) groups is 1. The zero-order chi connectivity index (χ0) is 22.3. The molecule has 0 N–H and O–H groups in total. The zero-order valence-electron chi connectivity index (χ0n) is 14.8. The van der Waals surface area contributed by atoms with E-state index in [9.17, 15) is 35.5 Å². The van der Waals surface area contributed by atoms with E-state index in [1.165, 1.54) is 12.1 Å². The van der Waals surface area contributed by atoms with Crippen LogP contribution in [0.4, 0.5) is 36.4 Å². The number of azo groups is 1. The lowest BCUT2D eigenvalue weighted by Crippen LogP contribution is -2.35. The molecule has 1 amide bonds. The van der Waals surface area contributed by atoms with E-state index in [0.29, 0.717) is 23.9 Å². The zero-order valence-corrected chi connectivity index (χ0v) is 15.7. The smallest absolute Gasteiger partial charge is 0.279 e. The van der Waals surface area contributed by atoms with Gasteiger partial charge in [0.25, 0.3) is 0 Å². The Morgan fingerprint density at radius 2 is 1.63 bits per heavy atom. The first kappa shape index (κ1) is 21.8. The van der Waals surface area contributed by atoms with Crippen LogP contribution in [0.25, 0.3) is 0 Å². The highest BCUT2D eigenvalue weighted by Gasteiger charge is 2.50. The molecule has 2 aromatic carbocycles. The molecule has 0 saturated carbocycles. The third kappa shape index (κ3) is 3.91. The Labute approximate surface area is 169 Å². The first-order chi connectivity index (χ1) is 14.0. The largest absolute Gasteiger partial charge is 0.437 e. The van der Waals surface area contributed by atoms with Gasteiger partial charge < -0.3 is 0 Å². The van der Waals surface area contributed by atoms with Crippen molar-refractivity contribution in [3.05, 3.63) is 71.1 Å². The minimum absolute atomic E-state index is 0.178. The topological polar surface area (TPSA) is 45.0 Å². The second-order valence-corrected chi connectivity index (χ2v) is 7.57. The molecule has 1 aliphatic heterocycles. The van der Waals surface area contributed by atoms with Crippen molar-refractivity contribution in [1.29, 1.82) is 0 Å². The molecule has 12 heteroatoms. The number of benzene rings is 2. The van der Waals surface area contributed by atoms with Gasteiger partial charge in [-0.3, -0.25) is 9.69 Å². The van der Waals surface area contributed by atoms with Crippen LogP contribution in [0, 0.1) is 23.3 Å². The molecular formula is C18H10F7N3OS. The summed E-state index contributed by atoms with van der Waals surface area (Å²) in [7, 11) is 0. The van der Waals surface area contributed by atoms with E-state index < -0.39 is 51.4 Å². The van der Waals surface area contributed by atoms with Crippen molar-refractivity contribution in [1.82, 2.24) is 0 Å². The van der Waals surface area contributed by atoms with Crippen LogP contribution < -0.4 is 4.90 Å². The average Bonchev–Trinajstić information content (AvgIpc) is 3.01. The Morgan fingerprint density at radius 1 is 1.00 bits per heavy atom. The van der Waals surface area contributed by atoms with E-state index in [4.69, 9.17) is 0 Å². The molecule has 1 heterocycles. The third-order valence-electron chi connectivity index (χ3n) is 4.02. The molecule has 30 heavy (non-hydrogen) atoms. The van der Waals surface area contributed by atoms with Gasteiger partial charge in [-0.05, 0) is 43.3 Å². The Morgan fingerprint density at radius 3 is 2.20 bits per heavy atom. The Hall–Kier alpha value is -2.89. The third-order valence-corrected chi connectivity index (χ3v) is 5.20. The highest BCUT2D eigenvalue weighted by Crippen LogP contribution is 2.50. The first-order valence-electron chi connectivity index (χ1n) is 8.05. The number of thioether (sulfide) groups is 1. The molecule has 0 saturated heterocycles. The van der Waals surface area contributed by atoms with Crippen molar-refractivity contribution < 1.29 is 35.5 Å². The number of alkyl halides is 3. The fourth-order valence-electron chi connectivity index (χ4n) is 2.72. The lowest BCUT2D eigenvalue weighted by molar-refractivity contribution is -0.107. The van der Waals surface area contributed by atoms with Crippen LogP contribution in [-0.2, 0) is 4.79 Å². The predicted molar refractivity (Wildman–Crippen MR) is 93.5 cm³/mol. The van der Waals surface area contributed by atoms with Crippen LogP contribution in [0.15, 0.2) is 62.9 Å². The van der Waals surface area contributed by atoms with Crippen LogP contribution in [0.2, 0.25) is 0 Å². The summed E-state index contributed by atoms with van der Waals surface area (Å²) in [6, 6.07) is 5.70. The van der Waals surface area contributed by atoms with Gasteiger partial charge in [0, 0.05) is 4.90 Å². The predicted octanol–water partition coefficient (Wildman–Crippen LogP) is 5.95. The molecule has 0 spiro atoms. The van der Waals surface area contributed by atoms with E-state index in [-0.39, 0.29) is 16.2 Å². The van der Waals surface area contributed by atoms with Crippen LogP contribution in [-0.4, -0.2) is 17.5 Å². The maximum absolute atomic E-state index is 14.3. The fraction of sp³-hybridized carbons (Fsp3) is 0.167. The SMILES string of the molecule is CC1(Sc2ccc(F)cc2)N=NC(C(F)(F)F)=C1N(C=O)c1ccc(F)c(F)c1F. The van der Waals surface area contributed by atoms with Crippen LogP contribution in [0.5, 0.6) is 0 Å². The van der Waals surface area contributed by atoms with Gasteiger partial charge in [0.2, 0.25) is 6.41 Å².